The number of aromatic nitrogens is 5. The van der Waals surface area contributed by atoms with Crippen molar-refractivity contribution in [3.63, 3.8) is 0 Å². The lowest BCUT2D eigenvalue weighted by molar-refractivity contribution is -0.137. The first-order valence-electron chi connectivity index (χ1n) is 16.7. The molecule has 0 N–H and O–H groups in total. The lowest BCUT2D eigenvalue weighted by Crippen LogP contribution is -2.53. The van der Waals surface area contributed by atoms with Gasteiger partial charge < -0.3 is 0 Å². The molecule has 262 valence electrons. The van der Waals surface area contributed by atoms with E-state index in [4.69, 9.17) is 9.13 Å². The van der Waals surface area contributed by atoms with Crippen molar-refractivity contribution in [2.24, 2.45) is 9.44 Å². The van der Waals surface area contributed by atoms with Gasteiger partial charge in [0.15, 0.2) is 14.0 Å². The summed E-state index contributed by atoms with van der Waals surface area (Å²) >= 11 is 0. The number of carbonyl (C=O) groups excluding carboxylic acids is 1. The topological polar surface area (TPSA) is 98.3 Å². The monoisotopic (exact) mass is 723 g/mol. The largest absolute Gasteiger partial charge is 0.416 e. The number of benzene rings is 1. The molecular weight excluding hydrogens is 687 g/mol. The number of rotatable bonds is 4. The maximum atomic E-state index is 15.9. The lowest BCUT2D eigenvalue weighted by Gasteiger charge is -2.47. The van der Waals surface area contributed by atoms with Crippen LogP contribution in [0, 0.1) is 11.2 Å². The molecule has 1 aliphatic carbocycles. The van der Waals surface area contributed by atoms with E-state index in [-0.39, 0.29) is 30.1 Å². The van der Waals surface area contributed by atoms with Gasteiger partial charge in [-0.3, -0.25) is 18.5 Å². The molecule has 3 aliphatic heterocycles. The van der Waals surface area contributed by atoms with E-state index >= 15 is 4.21 Å². The number of piperidine rings is 1. The van der Waals surface area contributed by atoms with Crippen molar-refractivity contribution < 1.29 is 26.6 Å². The molecule has 50 heavy (non-hydrogen) atoms. The van der Waals surface area contributed by atoms with E-state index in [0.717, 1.165) is 37.0 Å². The Morgan fingerprint density at radius 3 is 2.56 bits per heavy atom. The van der Waals surface area contributed by atoms with E-state index in [1.54, 1.807) is 23.0 Å². The molecule has 0 radical (unpaired) electrons. The van der Waals surface area contributed by atoms with E-state index in [1.807, 2.05) is 15.1 Å². The molecule has 3 aromatic heterocycles. The number of aryl methyl sites for hydroxylation is 1. The fraction of sp³-hybridized carbons (Fsp3) is 0.429. The number of alkyl halides is 3. The van der Waals surface area contributed by atoms with Crippen LogP contribution in [0.15, 0.2) is 63.3 Å². The summed E-state index contributed by atoms with van der Waals surface area (Å²) in [6, 6.07) is 7.08. The van der Waals surface area contributed by atoms with Crippen LogP contribution in [0.5, 0.6) is 0 Å². The summed E-state index contributed by atoms with van der Waals surface area (Å²) in [4.78, 5) is 19.7. The first kappa shape index (κ1) is 33.2. The van der Waals surface area contributed by atoms with Crippen LogP contribution in [-0.4, -0.2) is 53.6 Å². The second-order valence-electron chi connectivity index (χ2n) is 15.3. The van der Waals surface area contributed by atoms with Gasteiger partial charge in [-0.2, -0.15) is 23.4 Å². The van der Waals surface area contributed by atoms with Crippen molar-refractivity contribution in [2.45, 2.75) is 88.2 Å². The molecule has 15 heteroatoms. The number of hydrogen-bond acceptors (Lipinski definition) is 6. The molecule has 1 saturated heterocycles. The predicted molar refractivity (Wildman–Crippen MR) is 182 cm³/mol. The van der Waals surface area contributed by atoms with Crippen molar-refractivity contribution in [1.29, 1.82) is 0 Å². The van der Waals surface area contributed by atoms with E-state index in [2.05, 4.69) is 43.9 Å². The molecule has 0 saturated carbocycles. The van der Waals surface area contributed by atoms with Crippen molar-refractivity contribution in [3.8, 4) is 5.69 Å². The minimum Gasteiger partial charge on any atom is -0.291 e. The number of halogens is 4. The van der Waals surface area contributed by atoms with Crippen molar-refractivity contribution in [2.75, 3.05) is 6.54 Å². The van der Waals surface area contributed by atoms with Gasteiger partial charge in [0.05, 0.1) is 46.0 Å². The minimum absolute atomic E-state index is 0.0474. The summed E-state index contributed by atoms with van der Waals surface area (Å²) < 4.78 is 82.2. The van der Waals surface area contributed by atoms with Crippen LogP contribution in [-0.2, 0) is 35.5 Å². The van der Waals surface area contributed by atoms with Gasteiger partial charge in [-0.25, -0.2) is 17.6 Å². The van der Waals surface area contributed by atoms with Crippen LogP contribution in [0.2, 0.25) is 18.1 Å². The molecular formula is C35H37F4N7O2SSi. The third kappa shape index (κ3) is 4.83. The average Bonchev–Trinajstić information content (AvgIpc) is 3.80. The zero-order valence-electron chi connectivity index (χ0n) is 28.4. The van der Waals surface area contributed by atoms with Crippen molar-refractivity contribution in [1.82, 2.24) is 28.9 Å². The van der Waals surface area contributed by atoms with E-state index in [9.17, 15) is 22.4 Å². The third-order valence-electron chi connectivity index (χ3n) is 11.2. The van der Waals surface area contributed by atoms with Crippen LogP contribution < -0.4 is 0 Å². The predicted octanol–water partition coefficient (Wildman–Crippen LogP) is 7.58. The molecule has 0 amide bonds. The Balaban J connectivity index is 1.34. The summed E-state index contributed by atoms with van der Waals surface area (Å²) in [6.45, 7) is 11.2. The Hall–Kier alpha value is -3.95. The van der Waals surface area contributed by atoms with Crippen molar-refractivity contribution in [3.05, 3.63) is 94.1 Å². The highest BCUT2D eigenvalue weighted by molar-refractivity contribution is 7.92. The van der Waals surface area contributed by atoms with E-state index < -0.39 is 52.9 Å². The highest BCUT2D eigenvalue weighted by Gasteiger charge is 2.59. The minimum atomic E-state index is -4.68. The van der Waals surface area contributed by atoms with Gasteiger partial charge in [-0.15, -0.1) is 0 Å². The number of Topliss-reactive ketones (excluding diaryl/α,β-unsaturated/α-hetero) is 1. The number of carbonyl (C=O) groups is 1. The molecule has 1 fully saturated rings. The zero-order chi connectivity index (χ0) is 35.6. The molecule has 4 aromatic rings. The van der Waals surface area contributed by atoms with Crippen LogP contribution in [0.1, 0.15) is 78.4 Å². The molecule has 4 aliphatic rings. The molecule has 3 atom stereocenters. The van der Waals surface area contributed by atoms with E-state index in [0.29, 0.717) is 39.5 Å². The molecule has 2 unspecified atom stereocenters. The Morgan fingerprint density at radius 2 is 1.86 bits per heavy atom. The Labute approximate surface area is 288 Å². The maximum Gasteiger partial charge on any atom is 0.416 e. The summed E-state index contributed by atoms with van der Waals surface area (Å²) in [5.74, 6) is -0.976. The first-order valence-corrected chi connectivity index (χ1v) is 21.1. The highest BCUT2D eigenvalue weighted by Crippen LogP contribution is 2.57. The van der Waals surface area contributed by atoms with Gasteiger partial charge in [0, 0.05) is 19.3 Å². The molecule has 0 bridgehead atoms. The first-order chi connectivity index (χ1) is 23.4. The quantitative estimate of drug-likeness (QED) is 0.123. The van der Waals surface area contributed by atoms with Crippen LogP contribution >= 0.6 is 0 Å². The van der Waals surface area contributed by atoms with Gasteiger partial charge >= 0.3 is 6.18 Å². The summed E-state index contributed by atoms with van der Waals surface area (Å²) in [5.41, 5.74) is 1.58. The lowest BCUT2D eigenvalue weighted by atomic mass is 9.64. The fourth-order valence-corrected chi connectivity index (χ4v) is 14.0. The van der Waals surface area contributed by atoms with Gasteiger partial charge in [-0.1, -0.05) is 26.3 Å². The molecule has 9 nitrogen and oxygen atoms in total. The number of fused-ring (bicyclic) bond motifs is 7. The smallest absolute Gasteiger partial charge is 0.291 e. The molecule has 0 spiro atoms. The van der Waals surface area contributed by atoms with E-state index in [1.165, 1.54) is 12.1 Å². The highest BCUT2D eigenvalue weighted by atomic mass is 32.2. The van der Waals surface area contributed by atoms with Gasteiger partial charge in [0.25, 0.3) is 0 Å². The van der Waals surface area contributed by atoms with Gasteiger partial charge in [0.1, 0.15) is 26.3 Å². The maximum absolute atomic E-state index is 15.9. The van der Waals surface area contributed by atoms with Crippen LogP contribution in [0.3, 0.4) is 0 Å². The van der Waals surface area contributed by atoms with Crippen molar-refractivity contribution >= 4 is 30.0 Å². The second kappa shape index (κ2) is 10.8. The summed E-state index contributed by atoms with van der Waals surface area (Å²) in [7, 11) is -5.87. The van der Waals surface area contributed by atoms with Gasteiger partial charge in [-0.05, 0) is 91.9 Å². The average molecular weight is 724 g/mol. The normalized spacial score (nSPS) is 24.6. The number of pyridine rings is 1. The molecule has 6 heterocycles. The second-order valence-corrected chi connectivity index (χ2v) is 22.5. The zero-order valence-corrected chi connectivity index (χ0v) is 30.2. The molecule has 8 rings (SSSR count). The number of ketones is 1. The summed E-state index contributed by atoms with van der Waals surface area (Å²) in [5, 5.41) is 9.35. The third-order valence-corrected chi connectivity index (χ3v) is 19.7. The fourth-order valence-electron chi connectivity index (χ4n) is 7.57. The molecule has 1 aromatic carbocycles. The SMILES string of the molecule is CC(C)(C)[Si](C)(C)N=S1(=O)c2c(nn3c2CCC3)C2CC3=Cc4c(cnn4-c4ccc(F)cc4)C[C@]3(C(=O)c3cc(C(F)(F)F)ccn3)CN21. The Morgan fingerprint density at radius 1 is 1.12 bits per heavy atom. The number of nitrogens with zero attached hydrogens (tertiary/aromatic N) is 7. The van der Waals surface area contributed by atoms with Gasteiger partial charge in [0.2, 0.25) is 0 Å². The standard InChI is InChI=1S/C35H37F4N7O2SSi/c1-33(2,3)50(4,5)43-49(48)31-27-7-6-14-44(27)42-30(31)29-17-23-16-28-21(19-41-46(28)25-10-8-24(36)9-11-25)18-34(23,20-45(29)49)32(47)26-15-22(12-13-40-26)35(37,38)39/h8-13,15-16,19,29H,6-7,14,17-18,20H2,1-5H3/t29?,34-,49?/m0/s1. The van der Waals surface area contributed by atoms with Crippen LogP contribution in [0.4, 0.5) is 17.6 Å². The Kier molecular flexibility index (Phi) is 7.16. The summed E-state index contributed by atoms with van der Waals surface area (Å²) in [6.07, 6.45) is 1.78. The number of hydrogen-bond donors (Lipinski definition) is 0. The Bertz CT molecular complexity index is 2240. The van der Waals surface area contributed by atoms with Crippen LogP contribution in [0.25, 0.3) is 11.8 Å².